The number of carbonyl (C=O) groups is 2. The van der Waals surface area contributed by atoms with Crippen LogP contribution in [-0.2, 0) is 19.0 Å². The molecular formula is C21H27N3O5S. The lowest BCUT2D eigenvalue weighted by atomic mass is 10.0. The molecule has 0 saturated carbocycles. The maximum Gasteiger partial charge on any atom is 0.264 e. The molecule has 2 aliphatic heterocycles. The molecule has 2 saturated heterocycles. The van der Waals surface area contributed by atoms with Gasteiger partial charge in [0.25, 0.3) is 11.8 Å². The summed E-state index contributed by atoms with van der Waals surface area (Å²) in [5.41, 5.74) is -0.0839. The molecular weight excluding hydrogens is 406 g/mol. The second-order valence-electron chi connectivity index (χ2n) is 7.93. The van der Waals surface area contributed by atoms with E-state index in [4.69, 9.17) is 14.2 Å². The molecule has 0 aromatic carbocycles. The molecule has 2 fully saturated rings. The predicted molar refractivity (Wildman–Crippen MR) is 113 cm³/mol. The van der Waals surface area contributed by atoms with Crippen molar-refractivity contribution in [3.05, 3.63) is 28.8 Å². The van der Waals surface area contributed by atoms with Crippen LogP contribution in [0, 0.1) is 0 Å². The largest absolute Gasteiger partial charge is 0.378 e. The maximum atomic E-state index is 13.4. The van der Waals surface area contributed by atoms with Gasteiger partial charge in [-0.05, 0) is 19.9 Å². The molecule has 0 radical (unpaired) electrons. The van der Waals surface area contributed by atoms with Crippen LogP contribution in [0.1, 0.15) is 35.2 Å². The van der Waals surface area contributed by atoms with Crippen molar-refractivity contribution in [1.82, 2.24) is 14.8 Å². The zero-order valence-corrected chi connectivity index (χ0v) is 18.4. The van der Waals surface area contributed by atoms with Crippen molar-refractivity contribution in [2.24, 2.45) is 0 Å². The Labute approximate surface area is 179 Å². The minimum absolute atomic E-state index is 0.0272. The van der Waals surface area contributed by atoms with Gasteiger partial charge < -0.3 is 24.0 Å². The minimum Gasteiger partial charge on any atom is -0.378 e. The summed E-state index contributed by atoms with van der Waals surface area (Å²) in [6.07, 6.45) is 1.33. The second kappa shape index (κ2) is 8.58. The quantitative estimate of drug-likeness (QED) is 0.735. The van der Waals surface area contributed by atoms with Gasteiger partial charge in [0.2, 0.25) is 0 Å². The highest BCUT2D eigenvalue weighted by Gasteiger charge is 2.37. The summed E-state index contributed by atoms with van der Waals surface area (Å²) in [6.45, 7) is 7.01. The summed E-state index contributed by atoms with van der Waals surface area (Å²) in [7, 11) is 1.53. The van der Waals surface area contributed by atoms with Gasteiger partial charge in [0, 0.05) is 43.9 Å². The van der Waals surface area contributed by atoms with Gasteiger partial charge >= 0.3 is 0 Å². The van der Waals surface area contributed by atoms with Crippen molar-refractivity contribution in [3.8, 4) is 0 Å². The first kappa shape index (κ1) is 21.2. The standard InChI is InChI=1S/C21H27N3O5S/c1-21(2,27-3)20(26)24-9-12-29-15(13-24)16-14-5-4-6-22-18(14)30-17(16)19(25)23-7-10-28-11-8-23/h4-6,15H,7-13H2,1-3H3. The van der Waals surface area contributed by atoms with E-state index >= 15 is 0 Å². The van der Waals surface area contributed by atoms with E-state index < -0.39 is 11.7 Å². The van der Waals surface area contributed by atoms with Crippen molar-refractivity contribution < 1.29 is 23.8 Å². The summed E-state index contributed by atoms with van der Waals surface area (Å²) in [5.74, 6) is -0.113. The number of rotatable bonds is 4. The number of carbonyl (C=O) groups excluding carboxylic acids is 2. The zero-order chi connectivity index (χ0) is 21.3. The third kappa shape index (κ3) is 3.94. The average molecular weight is 434 g/mol. The number of nitrogens with zero attached hydrogens (tertiary/aromatic N) is 3. The van der Waals surface area contributed by atoms with E-state index in [2.05, 4.69) is 4.98 Å². The Hall–Kier alpha value is -2.07. The fourth-order valence-corrected chi connectivity index (χ4v) is 4.98. The number of aromatic nitrogens is 1. The number of methoxy groups -OCH3 is 1. The van der Waals surface area contributed by atoms with Gasteiger partial charge in [0.1, 0.15) is 21.4 Å². The number of hydrogen-bond donors (Lipinski definition) is 0. The van der Waals surface area contributed by atoms with E-state index in [-0.39, 0.29) is 11.8 Å². The summed E-state index contributed by atoms with van der Waals surface area (Å²) in [6, 6.07) is 3.83. The fourth-order valence-electron chi connectivity index (χ4n) is 3.82. The lowest BCUT2D eigenvalue weighted by Crippen LogP contribution is -2.51. The number of ether oxygens (including phenoxy) is 3. The Morgan fingerprint density at radius 3 is 2.67 bits per heavy atom. The molecule has 8 nitrogen and oxygen atoms in total. The Kier molecular flexibility index (Phi) is 6.06. The second-order valence-corrected chi connectivity index (χ2v) is 8.93. The molecule has 2 aliphatic rings. The van der Waals surface area contributed by atoms with E-state index in [1.165, 1.54) is 18.4 Å². The SMILES string of the molecule is COC(C)(C)C(=O)N1CCOC(c2c(C(=O)N3CCOCC3)sc3ncccc23)C1. The van der Waals surface area contributed by atoms with Crippen molar-refractivity contribution in [1.29, 1.82) is 0 Å². The molecule has 30 heavy (non-hydrogen) atoms. The van der Waals surface area contributed by atoms with Gasteiger partial charge in [0.15, 0.2) is 0 Å². The Morgan fingerprint density at radius 1 is 1.20 bits per heavy atom. The normalized spacial score (nSPS) is 20.6. The summed E-state index contributed by atoms with van der Waals surface area (Å²) in [5, 5.41) is 0.907. The molecule has 2 aromatic rings. The van der Waals surface area contributed by atoms with Crippen molar-refractivity contribution in [2.75, 3.05) is 53.1 Å². The van der Waals surface area contributed by atoms with Crippen molar-refractivity contribution in [3.63, 3.8) is 0 Å². The molecule has 9 heteroatoms. The van der Waals surface area contributed by atoms with E-state index in [1.54, 1.807) is 24.9 Å². The highest BCUT2D eigenvalue weighted by molar-refractivity contribution is 7.20. The summed E-state index contributed by atoms with van der Waals surface area (Å²) < 4.78 is 16.9. The van der Waals surface area contributed by atoms with Gasteiger partial charge in [-0.25, -0.2) is 4.98 Å². The monoisotopic (exact) mass is 433 g/mol. The molecule has 0 bridgehead atoms. The molecule has 162 valence electrons. The first-order valence-corrected chi connectivity index (χ1v) is 10.9. The summed E-state index contributed by atoms with van der Waals surface area (Å²) >= 11 is 1.39. The van der Waals surface area contributed by atoms with Gasteiger partial charge in [0.05, 0.1) is 26.4 Å². The smallest absolute Gasteiger partial charge is 0.264 e. The van der Waals surface area contributed by atoms with Crippen molar-refractivity contribution >= 4 is 33.4 Å². The van der Waals surface area contributed by atoms with Crippen LogP contribution in [0.3, 0.4) is 0 Å². The highest BCUT2D eigenvalue weighted by Crippen LogP contribution is 2.38. The van der Waals surface area contributed by atoms with Gasteiger partial charge in [-0.2, -0.15) is 0 Å². The highest BCUT2D eigenvalue weighted by atomic mass is 32.1. The number of hydrogen-bond acceptors (Lipinski definition) is 7. The molecule has 1 unspecified atom stereocenters. The van der Waals surface area contributed by atoms with Crippen LogP contribution < -0.4 is 0 Å². The average Bonchev–Trinajstić information content (AvgIpc) is 3.18. The van der Waals surface area contributed by atoms with Crippen LogP contribution >= 0.6 is 11.3 Å². The Bertz CT molecular complexity index is 938. The topological polar surface area (TPSA) is 81.2 Å². The molecule has 2 aromatic heterocycles. The van der Waals surface area contributed by atoms with E-state index in [9.17, 15) is 9.59 Å². The van der Waals surface area contributed by atoms with Crippen molar-refractivity contribution in [2.45, 2.75) is 25.6 Å². The number of pyridine rings is 1. The van der Waals surface area contributed by atoms with Gasteiger partial charge in [-0.15, -0.1) is 11.3 Å². The number of morpholine rings is 2. The fraction of sp³-hybridized carbons (Fsp3) is 0.571. The number of fused-ring (bicyclic) bond motifs is 1. The first-order valence-electron chi connectivity index (χ1n) is 10.1. The summed E-state index contributed by atoms with van der Waals surface area (Å²) in [4.78, 5) is 35.8. The molecule has 4 heterocycles. The minimum atomic E-state index is -0.910. The van der Waals surface area contributed by atoms with Crippen LogP contribution in [-0.4, -0.2) is 85.3 Å². The van der Waals surface area contributed by atoms with E-state index in [0.29, 0.717) is 50.9 Å². The molecule has 4 rings (SSSR count). The Balaban J connectivity index is 1.69. The lowest BCUT2D eigenvalue weighted by Gasteiger charge is -2.37. The maximum absolute atomic E-state index is 13.4. The lowest BCUT2D eigenvalue weighted by molar-refractivity contribution is -0.158. The molecule has 0 spiro atoms. The van der Waals surface area contributed by atoms with Gasteiger partial charge in [-0.3, -0.25) is 9.59 Å². The van der Waals surface area contributed by atoms with Crippen LogP contribution in [0.5, 0.6) is 0 Å². The predicted octanol–water partition coefficient (Wildman–Crippen LogP) is 2.09. The first-order chi connectivity index (χ1) is 14.4. The number of amides is 2. The van der Waals surface area contributed by atoms with E-state index in [0.717, 1.165) is 15.8 Å². The Morgan fingerprint density at radius 2 is 1.93 bits per heavy atom. The van der Waals surface area contributed by atoms with Crippen LogP contribution in [0.4, 0.5) is 0 Å². The molecule has 2 amide bonds. The van der Waals surface area contributed by atoms with E-state index in [1.807, 2.05) is 17.0 Å². The molecule has 0 aliphatic carbocycles. The molecule has 0 N–H and O–H groups in total. The third-order valence-electron chi connectivity index (χ3n) is 5.70. The van der Waals surface area contributed by atoms with Crippen LogP contribution in [0.2, 0.25) is 0 Å². The third-order valence-corrected chi connectivity index (χ3v) is 6.82. The van der Waals surface area contributed by atoms with Crippen LogP contribution in [0.15, 0.2) is 18.3 Å². The molecule has 1 atom stereocenters. The number of thiophene rings is 1. The van der Waals surface area contributed by atoms with Crippen LogP contribution in [0.25, 0.3) is 10.2 Å². The zero-order valence-electron chi connectivity index (χ0n) is 17.6. The van der Waals surface area contributed by atoms with Gasteiger partial charge in [-0.1, -0.05) is 6.07 Å².